The fraction of sp³-hybridized carbons (Fsp3) is 0.700. The summed E-state index contributed by atoms with van der Waals surface area (Å²) in [6.45, 7) is 6.83. The lowest BCUT2D eigenvalue weighted by molar-refractivity contribution is -0.892. The summed E-state index contributed by atoms with van der Waals surface area (Å²) in [5.74, 6) is -0.111. The second-order valence-corrected chi connectivity index (χ2v) is 4.18. The molecule has 0 unspecified atom stereocenters. The highest BCUT2D eigenvalue weighted by Crippen LogP contribution is 1.97. The number of amides is 1. The zero-order valence-electron chi connectivity index (χ0n) is 9.34. The highest BCUT2D eigenvalue weighted by Gasteiger charge is 2.15. The predicted molar refractivity (Wildman–Crippen MR) is 56.5 cm³/mol. The predicted octanol–water partition coefficient (Wildman–Crippen LogP) is 0.0950. The molecule has 0 saturated heterocycles. The standard InChI is InChI=1S/C10H20N2O2/c1-9(2)10(14)11-8-12(3,4)6-5-7-13/h13H,1,5-8H2,2-4H3/p+1. The Kier molecular flexibility index (Phi) is 5.42. The van der Waals surface area contributed by atoms with Gasteiger partial charge in [-0.25, -0.2) is 0 Å². The fourth-order valence-corrected chi connectivity index (χ4v) is 1.01. The van der Waals surface area contributed by atoms with Crippen LogP contribution in [0.2, 0.25) is 0 Å². The molecule has 82 valence electrons. The summed E-state index contributed by atoms with van der Waals surface area (Å²) in [4.78, 5) is 11.2. The highest BCUT2D eigenvalue weighted by atomic mass is 16.3. The van der Waals surface area contributed by atoms with Crippen LogP contribution in [0.5, 0.6) is 0 Å². The van der Waals surface area contributed by atoms with Gasteiger partial charge in [0, 0.05) is 18.6 Å². The van der Waals surface area contributed by atoms with Crippen LogP contribution in [-0.4, -0.2) is 49.4 Å². The fourth-order valence-electron chi connectivity index (χ4n) is 1.01. The number of nitrogens with zero attached hydrogens (tertiary/aromatic N) is 1. The lowest BCUT2D eigenvalue weighted by Gasteiger charge is -2.29. The molecule has 1 amide bonds. The maximum atomic E-state index is 11.2. The Morgan fingerprint density at radius 3 is 2.50 bits per heavy atom. The van der Waals surface area contributed by atoms with Crippen LogP contribution in [0.25, 0.3) is 0 Å². The molecule has 0 aliphatic rings. The van der Waals surface area contributed by atoms with Crippen LogP contribution in [-0.2, 0) is 4.79 Å². The van der Waals surface area contributed by atoms with Crippen LogP contribution in [0.15, 0.2) is 12.2 Å². The van der Waals surface area contributed by atoms with Gasteiger partial charge in [-0.2, -0.15) is 0 Å². The van der Waals surface area contributed by atoms with E-state index in [1.54, 1.807) is 6.92 Å². The Bertz CT molecular complexity index is 212. The molecule has 0 fully saturated rings. The molecule has 0 rings (SSSR count). The van der Waals surface area contributed by atoms with Crippen LogP contribution in [0.3, 0.4) is 0 Å². The number of carbonyl (C=O) groups is 1. The minimum absolute atomic E-state index is 0.111. The first-order valence-corrected chi connectivity index (χ1v) is 4.75. The third kappa shape index (κ3) is 5.72. The molecule has 0 saturated carbocycles. The molecule has 0 atom stereocenters. The first kappa shape index (κ1) is 13.1. The quantitative estimate of drug-likeness (QED) is 0.364. The number of rotatable bonds is 6. The summed E-state index contributed by atoms with van der Waals surface area (Å²) in [7, 11) is 4.02. The highest BCUT2D eigenvalue weighted by molar-refractivity contribution is 5.91. The monoisotopic (exact) mass is 201 g/mol. The molecule has 0 aromatic carbocycles. The summed E-state index contributed by atoms with van der Waals surface area (Å²) in [5, 5.41) is 11.5. The van der Waals surface area contributed by atoms with E-state index in [9.17, 15) is 4.79 Å². The average Bonchev–Trinajstić information content (AvgIpc) is 2.11. The van der Waals surface area contributed by atoms with Gasteiger partial charge < -0.3 is 14.9 Å². The largest absolute Gasteiger partial charge is 0.396 e. The van der Waals surface area contributed by atoms with Gasteiger partial charge in [-0.3, -0.25) is 4.79 Å². The smallest absolute Gasteiger partial charge is 0.250 e. The van der Waals surface area contributed by atoms with Gasteiger partial charge in [-0.05, 0) is 6.92 Å². The second-order valence-electron chi connectivity index (χ2n) is 4.18. The molecule has 0 spiro atoms. The van der Waals surface area contributed by atoms with Gasteiger partial charge in [0.2, 0.25) is 0 Å². The van der Waals surface area contributed by atoms with Gasteiger partial charge in [0.05, 0.1) is 20.6 Å². The van der Waals surface area contributed by atoms with Gasteiger partial charge in [0.15, 0.2) is 6.67 Å². The molecule has 2 N–H and O–H groups in total. The van der Waals surface area contributed by atoms with Crippen molar-refractivity contribution in [1.29, 1.82) is 0 Å². The zero-order valence-corrected chi connectivity index (χ0v) is 9.34. The van der Waals surface area contributed by atoms with Crippen LogP contribution < -0.4 is 5.32 Å². The normalized spacial score (nSPS) is 11.1. The van der Waals surface area contributed by atoms with Gasteiger partial charge in [-0.1, -0.05) is 6.58 Å². The van der Waals surface area contributed by atoms with Crippen molar-refractivity contribution < 1.29 is 14.4 Å². The van der Waals surface area contributed by atoms with Crippen molar-refractivity contribution in [3.63, 3.8) is 0 Å². The van der Waals surface area contributed by atoms with Crippen LogP contribution in [0, 0.1) is 0 Å². The first-order valence-electron chi connectivity index (χ1n) is 4.75. The Labute approximate surface area is 85.8 Å². The van der Waals surface area contributed by atoms with E-state index in [1.807, 2.05) is 14.1 Å². The summed E-state index contributed by atoms with van der Waals surface area (Å²) in [5.41, 5.74) is 0.521. The van der Waals surface area contributed by atoms with E-state index in [1.165, 1.54) is 0 Å². The van der Waals surface area contributed by atoms with Gasteiger partial charge in [0.25, 0.3) is 5.91 Å². The van der Waals surface area contributed by atoms with E-state index in [0.29, 0.717) is 16.7 Å². The maximum absolute atomic E-state index is 11.2. The van der Waals surface area contributed by atoms with Crippen molar-refractivity contribution in [3.8, 4) is 0 Å². The summed E-state index contributed by atoms with van der Waals surface area (Å²) in [6, 6.07) is 0. The van der Waals surface area contributed by atoms with Crippen molar-refractivity contribution in [1.82, 2.24) is 5.32 Å². The molecular formula is C10H21N2O2+. The average molecular weight is 201 g/mol. The Morgan fingerprint density at radius 1 is 1.50 bits per heavy atom. The first-order chi connectivity index (χ1) is 6.39. The van der Waals surface area contributed by atoms with Gasteiger partial charge in [0.1, 0.15) is 0 Å². The second kappa shape index (κ2) is 5.78. The molecule has 4 nitrogen and oxygen atoms in total. The molecule has 14 heavy (non-hydrogen) atoms. The van der Waals surface area contributed by atoms with E-state index in [4.69, 9.17) is 5.11 Å². The molecule has 0 aromatic heterocycles. The van der Waals surface area contributed by atoms with Crippen molar-refractivity contribution in [3.05, 3.63) is 12.2 Å². The van der Waals surface area contributed by atoms with E-state index >= 15 is 0 Å². The maximum Gasteiger partial charge on any atom is 0.250 e. The number of aliphatic hydroxyl groups is 1. The molecule has 0 aliphatic heterocycles. The number of aliphatic hydroxyl groups excluding tert-OH is 1. The Balaban J connectivity index is 3.86. The molecule has 0 radical (unpaired) electrons. The van der Waals surface area contributed by atoms with Crippen molar-refractivity contribution in [2.45, 2.75) is 13.3 Å². The van der Waals surface area contributed by atoms with E-state index in [0.717, 1.165) is 13.0 Å². The van der Waals surface area contributed by atoms with E-state index in [2.05, 4.69) is 11.9 Å². The summed E-state index contributed by atoms with van der Waals surface area (Å²) in [6.07, 6.45) is 0.746. The third-order valence-corrected chi connectivity index (χ3v) is 1.98. The zero-order chi connectivity index (χ0) is 11.2. The van der Waals surface area contributed by atoms with Crippen molar-refractivity contribution in [2.75, 3.05) is 33.9 Å². The topological polar surface area (TPSA) is 49.3 Å². The van der Waals surface area contributed by atoms with Gasteiger partial charge in [-0.15, -0.1) is 0 Å². The van der Waals surface area contributed by atoms with Crippen LogP contribution >= 0.6 is 0 Å². The summed E-state index contributed by atoms with van der Waals surface area (Å²) < 4.78 is 0.666. The van der Waals surface area contributed by atoms with E-state index in [-0.39, 0.29) is 12.5 Å². The molecule has 4 heteroatoms. The van der Waals surface area contributed by atoms with Crippen LogP contribution in [0.1, 0.15) is 13.3 Å². The molecule has 0 aromatic rings. The molecule has 0 aliphatic carbocycles. The lowest BCUT2D eigenvalue weighted by atomic mass is 10.3. The molecule has 0 heterocycles. The number of hydrogen-bond donors (Lipinski definition) is 2. The van der Waals surface area contributed by atoms with Crippen molar-refractivity contribution in [2.24, 2.45) is 0 Å². The Morgan fingerprint density at radius 2 is 2.07 bits per heavy atom. The summed E-state index contributed by atoms with van der Waals surface area (Å²) >= 11 is 0. The number of quaternary nitrogens is 1. The SMILES string of the molecule is C=C(C)C(=O)NC[N+](C)(C)CCCO. The van der Waals surface area contributed by atoms with Crippen LogP contribution in [0.4, 0.5) is 0 Å². The van der Waals surface area contributed by atoms with Crippen molar-refractivity contribution >= 4 is 5.91 Å². The number of carbonyl (C=O) groups excluding carboxylic acids is 1. The molecular weight excluding hydrogens is 180 g/mol. The number of nitrogens with one attached hydrogen (secondary N) is 1. The lowest BCUT2D eigenvalue weighted by Crippen LogP contribution is -2.49. The molecule has 0 bridgehead atoms. The number of hydrogen-bond acceptors (Lipinski definition) is 2. The Hall–Kier alpha value is -0.870. The van der Waals surface area contributed by atoms with Gasteiger partial charge >= 0.3 is 0 Å². The van der Waals surface area contributed by atoms with E-state index < -0.39 is 0 Å². The minimum atomic E-state index is -0.111. The minimum Gasteiger partial charge on any atom is -0.396 e. The third-order valence-electron chi connectivity index (χ3n) is 1.98.